The average molecular weight is 302 g/mol. The van der Waals surface area contributed by atoms with Gasteiger partial charge in [0.15, 0.2) is 5.82 Å². The van der Waals surface area contributed by atoms with Crippen molar-refractivity contribution in [3.63, 3.8) is 0 Å². The Bertz CT molecular complexity index is 524. The highest BCUT2D eigenvalue weighted by Crippen LogP contribution is 2.27. The molecule has 4 nitrogen and oxygen atoms in total. The van der Waals surface area contributed by atoms with Crippen molar-refractivity contribution in [3.8, 4) is 11.4 Å². The molecule has 0 radical (unpaired) electrons. The summed E-state index contributed by atoms with van der Waals surface area (Å²) in [7, 11) is 1.88. The summed E-state index contributed by atoms with van der Waals surface area (Å²) in [4.78, 5) is 0. The Labute approximate surface area is 107 Å². The molecule has 0 atom stereocenters. The third-order valence-corrected chi connectivity index (χ3v) is 3.56. The van der Waals surface area contributed by atoms with Gasteiger partial charge in [0, 0.05) is 17.1 Å². The minimum absolute atomic E-state index is 0.369. The largest absolute Gasteiger partial charge is 0.324 e. The van der Waals surface area contributed by atoms with Crippen LogP contribution in [0.1, 0.15) is 5.82 Å². The number of hydrogen-bond donors (Lipinski definition) is 1. The van der Waals surface area contributed by atoms with Crippen LogP contribution in [-0.2, 0) is 13.6 Å². The second-order valence-electron chi connectivity index (χ2n) is 3.33. The zero-order chi connectivity index (χ0) is 11.7. The molecule has 6 heteroatoms. The van der Waals surface area contributed by atoms with E-state index in [4.69, 9.17) is 17.3 Å². The van der Waals surface area contributed by atoms with Crippen molar-refractivity contribution in [1.29, 1.82) is 0 Å². The van der Waals surface area contributed by atoms with Crippen molar-refractivity contribution < 1.29 is 0 Å². The van der Waals surface area contributed by atoms with Gasteiger partial charge in [0.25, 0.3) is 0 Å². The lowest BCUT2D eigenvalue weighted by Gasteiger charge is -2.03. The molecule has 2 rings (SSSR count). The number of nitrogens with two attached hydrogens (primary N) is 1. The standard InChI is InChI=1S/C10H10BrClN4/c1-16-9(5-13)14-15-10(16)6-2-3-7(11)8(12)4-6/h2-4H,5,13H2,1H3. The smallest absolute Gasteiger partial charge is 0.163 e. The molecule has 1 heterocycles. The summed E-state index contributed by atoms with van der Waals surface area (Å²) in [6.07, 6.45) is 0. The molecule has 0 bridgehead atoms. The summed E-state index contributed by atoms with van der Waals surface area (Å²) in [5.41, 5.74) is 6.46. The van der Waals surface area contributed by atoms with E-state index in [1.165, 1.54) is 0 Å². The molecule has 84 valence electrons. The summed E-state index contributed by atoms with van der Waals surface area (Å²) >= 11 is 9.37. The molecule has 1 aromatic carbocycles. The number of aromatic nitrogens is 3. The second kappa shape index (κ2) is 4.53. The van der Waals surface area contributed by atoms with Gasteiger partial charge in [0.1, 0.15) is 5.82 Å². The molecule has 0 unspecified atom stereocenters. The third kappa shape index (κ3) is 1.98. The predicted molar refractivity (Wildman–Crippen MR) is 67.0 cm³/mol. The van der Waals surface area contributed by atoms with Gasteiger partial charge in [-0.3, -0.25) is 0 Å². The molecule has 0 aliphatic carbocycles. The minimum Gasteiger partial charge on any atom is -0.324 e. The van der Waals surface area contributed by atoms with E-state index in [0.29, 0.717) is 11.6 Å². The lowest BCUT2D eigenvalue weighted by molar-refractivity contribution is 0.797. The van der Waals surface area contributed by atoms with Crippen molar-refractivity contribution in [2.24, 2.45) is 12.8 Å². The first-order valence-corrected chi connectivity index (χ1v) is 5.84. The van der Waals surface area contributed by atoms with Gasteiger partial charge >= 0.3 is 0 Å². The van der Waals surface area contributed by atoms with Crippen LogP contribution < -0.4 is 5.73 Å². The molecule has 0 amide bonds. The SMILES string of the molecule is Cn1c(CN)nnc1-c1ccc(Br)c(Cl)c1. The summed E-state index contributed by atoms with van der Waals surface area (Å²) in [6.45, 7) is 0.369. The average Bonchev–Trinajstić information content (AvgIpc) is 2.64. The summed E-state index contributed by atoms with van der Waals surface area (Å²) < 4.78 is 2.72. The van der Waals surface area contributed by atoms with Gasteiger partial charge in [-0.25, -0.2) is 0 Å². The fraction of sp³-hybridized carbons (Fsp3) is 0.200. The van der Waals surface area contributed by atoms with Crippen LogP contribution in [0.25, 0.3) is 11.4 Å². The van der Waals surface area contributed by atoms with Crippen LogP contribution in [0.3, 0.4) is 0 Å². The maximum Gasteiger partial charge on any atom is 0.163 e. The Hall–Kier alpha value is -0.910. The van der Waals surface area contributed by atoms with E-state index in [-0.39, 0.29) is 0 Å². The van der Waals surface area contributed by atoms with Gasteiger partial charge in [0.05, 0.1) is 11.6 Å². The molecule has 2 aromatic rings. The number of rotatable bonds is 2. The van der Waals surface area contributed by atoms with Crippen molar-refractivity contribution in [2.75, 3.05) is 0 Å². The van der Waals surface area contributed by atoms with Gasteiger partial charge in [-0.2, -0.15) is 0 Å². The Morgan fingerprint density at radius 2 is 2.19 bits per heavy atom. The van der Waals surface area contributed by atoms with E-state index in [1.54, 1.807) is 0 Å². The van der Waals surface area contributed by atoms with Crippen LogP contribution in [0.15, 0.2) is 22.7 Å². The highest BCUT2D eigenvalue weighted by molar-refractivity contribution is 9.10. The molecule has 0 aliphatic rings. The van der Waals surface area contributed by atoms with Crippen LogP contribution in [0.4, 0.5) is 0 Å². The van der Waals surface area contributed by atoms with Crippen molar-refractivity contribution in [3.05, 3.63) is 33.5 Å². The van der Waals surface area contributed by atoms with E-state index in [1.807, 2.05) is 29.8 Å². The lowest BCUT2D eigenvalue weighted by Crippen LogP contribution is -2.05. The first kappa shape index (κ1) is 11.6. The van der Waals surface area contributed by atoms with Crippen LogP contribution in [0, 0.1) is 0 Å². The molecule has 0 saturated carbocycles. The normalized spacial score (nSPS) is 10.8. The zero-order valence-electron chi connectivity index (χ0n) is 8.61. The number of halogens is 2. The Balaban J connectivity index is 2.50. The van der Waals surface area contributed by atoms with E-state index in [2.05, 4.69) is 26.1 Å². The molecular weight excluding hydrogens is 291 g/mol. The van der Waals surface area contributed by atoms with Crippen molar-refractivity contribution in [1.82, 2.24) is 14.8 Å². The fourth-order valence-corrected chi connectivity index (χ4v) is 1.85. The molecule has 0 spiro atoms. The quantitative estimate of drug-likeness (QED) is 0.926. The maximum absolute atomic E-state index is 6.03. The summed E-state index contributed by atoms with van der Waals surface area (Å²) in [6, 6.07) is 5.66. The molecule has 0 aliphatic heterocycles. The number of benzene rings is 1. The van der Waals surface area contributed by atoms with E-state index in [0.717, 1.165) is 21.7 Å². The number of hydrogen-bond acceptors (Lipinski definition) is 3. The Morgan fingerprint density at radius 1 is 1.44 bits per heavy atom. The Kier molecular flexibility index (Phi) is 3.28. The van der Waals surface area contributed by atoms with Crippen LogP contribution in [-0.4, -0.2) is 14.8 Å². The molecule has 16 heavy (non-hydrogen) atoms. The maximum atomic E-state index is 6.03. The first-order chi connectivity index (χ1) is 7.63. The minimum atomic E-state index is 0.369. The Morgan fingerprint density at radius 3 is 2.75 bits per heavy atom. The molecule has 0 saturated heterocycles. The molecular formula is C10H10BrClN4. The van der Waals surface area contributed by atoms with Crippen LogP contribution in [0.2, 0.25) is 5.02 Å². The van der Waals surface area contributed by atoms with Crippen molar-refractivity contribution >= 4 is 27.5 Å². The first-order valence-electron chi connectivity index (χ1n) is 4.67. The van der Waals surface area contributed by atoms with E-state index in [9.17, 15) is 0 Å². The molecule has 1 aromatic heterocycles. The van der Waals surface area contributed by atoms with Gasteiger partial charge in [-0.1, -0.05) is 11.6 Å². The van der Waals surface area contributed by atoms with Crippen LogP contribution >= 0.6 is 27.5 Å². The highest BCUT2D eigenvalue weighted by Gasteiger charge is 2.10. The second-order valence-corrected chi connectivity index (χ2v) is 4.59. The lowest BCUT2D eigenvalue weighted by atomic mass is 10.2. The highest BCUT2D eigenvalue weighted by atomic mass is 79.9. The molecule has 0 fully saturated rings. The zero-order valence-corrected chi connectivity index (χ0v) is 11.0. The van der Waals surface area contributed by atoms with Gasteiger partial charge in [0.2, 0.25) is 0 Å². The van der Waals surface area contributed by atoms with E-state index >= 15 is 0 Å². The monoisotopic (exact) mass is 300 g/mol. The fourth-order valence-electron chi connectivity index (χ4n) is 1.43. The summed E-state index contributed by atoms with van der Waals surface area (Å²) in [5.74, 6) is 1.50. The van der Waals surface area contributed by atoms with Gasteiger partial charge < -0.3 is 10.3 Å². The predicted octanol–water partition coefficient (Wildman–Crippen LogP) is 2.36. The summed E-state index contributed by atoms with van der Waals surface area (Å²) in [5, 5.41) is 8.73. The molecule has 2 N–H and O–H groups in total. The van der Waals surface area contributed by atoms with Crippen molar-refractivity contribution in [2.45, 2.75) is 6.54 Å². The van der Waals surface area contributed by atoms with Gasteiger partial charge in [-0.15, -0.1) is 10.2 Å². The van der Waals surface area contributed by atoms with Crippen LogP contribution in [0.5, 0.6) is 0 Å². The number of nitrogens with zero attached hydrogens (tertiary/aromatic N) is 3. The third-order valence-electron chi connectivity index (χ3n) is 2.33. The van der Waals surface area contributed by atoms with Gasteiger partial charge in [-0.05, 0) is 34.1 Å². The van der Waals surface area contributed by atoms with E-state index < -0.39 is 0 Å². The topological polar surface area (TPSA) is 56.7 Å².